The minimum atomic E-state index is -2.60. The van der Waals surface area contributed by atoms with E-state index in [2.05, 4.69) is 79.7 Å². The maximum Gasteiger partial charge on any atom is 0.308 e. The third-order valence-corrected chi connectivity index (χ3v) is 17.3. The highest BCUT2D eigenvalue weighted by molar-refractivity contribution is 5.74. The van der Waals surface area contributed by atoms with Gasteiger partial charge in [-0.1, -0.05) is 135 Å². The SMILES string of the molecule is CCCCCc1cc(C23CCC(=CC(C(O)(O)CC=O)C(C(=O)O)C4(CCC5C=c6ccccc6=CC5C4)c4cccc(c4)C2)CC3CCCCCC(C=O)C2C=C(CCN)CC2)ccc1O. The van der Waals surface area contributed by atoms with Crippen molar-refractivity contribution in [3.63, 3.8) is 0 Å². The van der Waals surface area contributed by atoms with Gasteiger partial charge in [-0.05, 0) is 159 Å². The quantitative estimate of drug-likeness (QED) is 0.0345. The van der Waals surface area contributed by atoms with E-state index in [0.717, 1.165) is 130 Å². The molecule has 0 saturated heterocycles. The molecule has 6 N–H and O–H groups in total. The van der Waals surface area contributed by atoms with Crippen LogP contribution in [0.15, 0.2) is 90.0 Å². The zero-order valence-corrected chi connectivity index (χ0v) is 39.8. The van der Waals surface area contributed by atoms with Crippen LogP contribution in [0.2, 0.25) is 0 Å². The van der Waals surface area contributed by atoms with Crippen LogP contribution in [-0.4, -0.2) is 51.3 Å². The van der Waals surface area contributed by atoms with Crippen LogP contribution in [0.1, 0.15) is 145 Å². The summed E-state index contributed by atoms with van der Waals surface area (Å²) in [6.07, 6.45) is 26.0. The van der Waals surface area contributed by atoms with Gasteiger partial charge in [0.2, 0.25) is 0 Å². The van der Waals surface area contributed by atoms with Crippen LogP contribution < -0.4 is 16.2 Å². The second-order valence-electron chi connectivity index (χ2n) is 21.3. The van der Waals surface area contributed by atoms with Gasteiger partial charge in [-0.2, -0.15) is 0 Å². The number of nitrogens with two attached hydrogens (primary N) is 1. The molecule has 8 nitrogen and oxygen atoms in total. The molecule has 0 aromatic heterocycles. The molecule has 1 spiro atoms. The number of fused-ring (bicyclic) bond motifs is 6. The lowest BCUT2D eigenvalue weighted by molar-refractivity contribution is -0.212. The first kappa shape index (κ1) is 48.8. The van der Waals surface area contributed by atoms with E-state index in [9.17, 15) is 34.8 Å². The highest BCUT2D eigenvalue weighted by Crippen LogP contribution is 2.57. The molecule has 0 radical (unpaired) electrons. The Labute approximate surface area is 398 Å². The number of unbranched alkanes of at least 4 members (excludes halogenated alkanes) is 4. The number of allylic oxidation sites excluding steroid dienone is 2. The standard InChI is InChI=1S/C59H75NO7/c1-2-3-5-14-47-36-52(20-21-54(47)63)57-25-22-41(31-50(57)16-7-4-6-15-48(39-62)45-19-18-40(30-45)24-28-60)33-53(59(66,67)27-29-61)55(56(64)65)58(51-17-10-11-42(32-51)37-57)26-23-46-34-43-12-8-9-13-44(43)35-49(46)38-58/h8-13,17,20-21,29-30,32-36,39,45-46,48-50,53,55,63,66-67H,2-7,14-16,18-19,22-28,31,37-38,60H2,1H3,(H,64,65). The molecule has 0 heterocycles. The molecule has 0 amide bonds. The molecule has 3 aromatic carbocycles. The van der Waals surface area contributed by atoms with Gasteiger partial charge in [0.25, 0.3) is 0 Å². The van der Waals surface area contributed by atoms with Gasteiger partial charge in [0.15, 0.2) is 5.79 Å². The van der Waals surface area contributed by atoms with Crippen LogP contribution in [0, 0.1) is 41.4 Å². The number of aromatic hydroxyl groups is 1. The molecular formula is C59H75NO7. The minimum Gasteiger partial charge on any atom is -0.508 e. The number of rotatable bonds is 19. The molecule has 6 aliphatic rings. The number of aliphatic carboxylic acids is 1. The summed E-state index contributed by atoms with van der Waals surface area (Å²) in [7, 11) is 0. The lowest BCUT2D eigenvalue weighted by atomic mass is 9.52. The average molecular weight is 910 g/mol. The summed E-state index contributed by atoms with van der Waals surface area (Å²) in [5.74, 6) is -5.18. The number of hydrogen-bond acceptors (Lipinski definition) is 7. The summed E-state index contributed by atoms with van der Waals surface area (Å²) in [5.41, 5.74) is 11.1. The van der Waals surface area contributed by atoms with Gasteiger partial charge >= 0.3 is 5.97 Å². The second kappa shape index (κ2) is 21.3. The van der Waals surface area contributed by atoms with Gasteiger partial charge in [-0.3, -0.25) is 4.79 Å². The number of aliphatic hydroxyl groups is 2. The number of aldehydes is 2. The second-order valence-corrected chi connectivity index (χ2v) is 21.3. The van der Waals surface area contributed by atoms with Gasteiger partial charge in [-0.15, -0.1) is 0 Å². The molecule has 6 aliphatic carbocycles. The fourth-order valence-electron chi connectivity index (χ4n) is 13.8. The van der Waals surface area contributed by atoms with E-state index in [4.69, 9.17) is 5.73 Å². The number of phenols is 1. The molecule has 9 unspecified atom stereocenters. The van der Waals surface area contributed by atoms with Gasteiger partial charge < -0.3 is 35.7 Å². The molecule has 2 saturated carbocycles. The third-order valence-electron chi connectivity index (χ3n) is 17.3. The van der Waals surface area contributed by atoms with Gasteiger partial charge in [0, 0.05) is 22.7 Å². The number of carboxylic acids is 1. The maximum atomic E-state index is 14.2. The topological polar surface area (TPSA) is 158 Å². The Balaban J connectivity index is 1.21. The molecule has 67 heavy (non-hydrogen) atoms. The summed E-state index contributed by atoms with van der Waals surface area (Å²) in [6.45, 7) is 2.83. The Morgan fingerprint density at radius 2 is 1.63 bits per heavy atom. The normalized spacial score (nSPS) is 28.4. The van der Waals surface area contributed by atoms with Crippen LogP contribution >= 0.6 is 0 Å². The molecular weight excluding hydrogens is 835 g/mol. The summed E-state index contributed by atoms with van der Waals surface area (Å²) < 4.78 is 0. The van der Waals surface area contributed by atoms with Crippen LogP contribution in [0.25, 0.3) is 12.2 Å². The number of carbonyl (C=O) groups is 3. The third kappa shape index (κ3) is 10.4. The monoisotopic (exact) mass is 910 g/mol. The predicted octanol–water partition coefficient (Wildman–Crippen LogP) is 9.31. The number of benzene rings is 3. The van der Waals surface area contributed by atoms with E-state index in [-0.39, 0.29) is 35.0 Å². The zero-order chi connectivity index (χ0) is 47.2. The maximum absolute atomic E-state index is 14.2. The Morgan fingerprint density at radius 1 is 0.836 bits per heavy atom. The lowest BCUT2D eigenvalue weighted by Crippen LogP contribution is -2.55. The largest absolute Gasteiger partial charge is 0.508 e. The number of phenolic OH excluding ortho intramolecular Hbond substituents is 1. The first-order valence-corrected chi connectivity index (χ1v) is 25.8. The summed E-state index contributed by atoms with van der Waals surface area (Å²) in [4.78, 5) is 38.9. The van der Waals surface area contributed by atoms with Crippen molar-refractivity contribution >= 4 is 30.7 Å². The molecule has 9 rings (SSSR count). The number of carboxylic acid groups (broad SMARTS) is 1. The van der Waals surface area contributed by atoms with Gasteiger partial charge in [0.05, 0.1) is 12.3 Å². The number of hydrogen-bond donors (Lipinski definition) is 5. The summed E-state index contributed by atoms with van der Waals surface area (Å²) in [6, 6.07) is 23.2. The van der Waals surface area contributed by atoms with Gasteiger partial charge in [-0.25, -0.2) is 0 Å². The van der Waals surface area contributed by atoms with Crippen molar-refractivity contribution in [1.82, 2.24) is 0 Å². The average Bonchev–Trinajstić information content (AvgIpc) is 3.78. The van der Waals surface area contributed by atoms with E-state index in [0.29, 0.717) is 44.3 Å². The van der Waals surface area contributed by atoms with E-state index >= 15 is 0 Å². The molecule has 9 atom stereocenters. The fraction of sp³-hybridized carbons (Fsp3) is 0.542. The molecule has 0 aliphatic heterocycles. The van der Waals surface area contributed by atoms with E-state index in [1.54, 1.807) is 0 Å². The van der Waals surface area contributed by atoms with Crippen molar-refractivity contribution in [2.24, 2.45) is 47.2 Å². The molecule has 8 heteroatoms. The minimum absolute atomic E-state index is 0.00512. The predicted molar refractivity (Wildman–Crippen MR) is 265 cm³/mol. The summed E-state index contributed by atoms with van der Waals surface area (Å²) in [5, 5.41) is 49.4. The molecule has 3 aromatic rings. The Hall–Kier alpha value is -4.63. The Kier molecular flexibility index (Phi) is 15.5. The van der Waals surface area contributed by atoms with E-state index in [1.807, 2.05) is 18.2 Å². The Morgan fingerprint density at radius 3 is 2.37 bits per heavy atom. The van der Waals surface area contributed by atoms with Crippen molar-refractivity contribution < 1.29 is 34.8 Å². The molecule has 2 fully saturated rings. The molecule has 358 valence electrons. The van der Waals surface area contributed by atoms with Crippen molar-refractivity contribution in [3.8, 4) is 5.75 Å². The lowest BCUT2D eigenvalue weighted by Gasteiger charge is -2.52. The number of aryl methyl sites for hydroxylation is 1. The van der Waals surface area contributed by atoms with Gasteiger partial charge in [0.1, 0.15) is 18.3 Å². The fourth-order valence-corrected chi connectivity index (χ4v) is 13.8. The van der Waals surface area contributed by atoms with Crippen LogP contribution in [0.3, 0.4) is 0 Å². The smallest absolute Gasteiger partial charge is 0.308 e. The van der Waals surface area contributed by atoms with Crippen molar-refractivity contribution in [1.29, 1.82) is 0 Å². The van der Waals surface area contributed by atoms with E-state index < -0.39 is 35.4 Å². The first-order chi connectivity index (χ1) is 32.4. The van der Waals surface area contributed by atoms with Crippen LogP contribution in [0.5, 0.6) is 5.75 Å². The highest BCUT2D eigenvalue weighted by Gasteiger charge is 2.57. The van der Waals surface area contributed by atoms with Crippen molar-refractivity contribution in [2.45, 2.75) is 152 Å². The van der Waals surface area contributed by atoms with Crippen molar-refractivity contribution in [3.05, 3.63) is 123 Å². The zero-order valence-electron chi connectivity index (χ0n) is 39.8. The van der Waals surface area contributed by atoms with Crippen LogP contribution in [0.4, 0.5) is 0 Å². The summed E-state index contributed by atoms with van der Waals surface area (Å²) >= 11 is 0. The van der Waals surface area contributed by atoms with E-state index in [1.165, 1.54) is 16.4 Å². The number of carbonyl (C=O) groups excluding carboxylic acids is 2. The highest BCUT2D eigenvalue weighted by atomic mass is 16.5. The molecule has 4 bridgehead atoms. The Bertz CT molecular complexity index is 2430. The van der Waals surface area contributed by atoms with Crippen LogP contribution in [-0.2, 0) is 38.1 Å². The first-order valence-electron chi connectivity index (χ1n) is 25.8. The van der Waals surface area contributed by atoms with Crippen molar-refractivity contribution in [2.75, 3.05) is 6.54 Å².